The summed E-state index contributed by atoms with van der Waals surface area (Å²) in [6.07, 6.45) is 1.64. The summed E-state index contributed by atoms with van der Waals surface area (Å²) in [6, 6.07) is 8.99. The van der Waals surface area contributed by atoms with Crippen molar-refractivity contribution in [1.29, 1.82) is 0 Å². The number of rotatable bonds is 6. The van der Waals surface area contributed by atoms with Gasteiger partial charge in [-0.25, -0.2) is 0 Å². The van der Waals surface area contributed by atoms with Crippen molar-refractivity contribution in [2.45, 2.75) is 26.2 Å². The third-order valence-electron chi connectivity index (χ3n) is 4.38. The van der Waals surface area contributed by atoms with E-state index in [0.29, 0.717) is 18.0 Å². The maximum Gasteiger partial charge on any atom is 0.245 e. The highest BCUT2D eigenvalue weighted by molar-refractivity contribution is 5.95. The molecule has 27 heavy (non-hydrogen) atoms. The Morgan fingerprint density at radius 3 is 2.63 bits per heavy atom. The summed E-state index contributed by atoms with van der Waals surface area (Å²) in [6.45, 7) is 2.38. The molecule has 1 fully saturated rings. The van der Waals surface area contributed by atoms with Crippen LogP contribution in [0.25, 0.3) is 0 Å². The van der Waals surface area contributed by atoms with E-state index in [4.69, 9.17) is 4.52 Å². The summed E-state index contributed by atoms with van der Waals surface area (Å²) in [5.74, 6) is 0.527. The molecule has 1 N–H and O–H groups in total. The first-order valence-corrected chi connectivity index (χ1v) is 8.79. The molecule has 8 heteroatoms. The van der Waals surface area contributed by atoms with E-state index in [1.54, 1.807) is 24.9 Å². The minimum Gasteiger partial charge on any atom is -0.360 e. The van der Waals surface area contributed by atoms with Crippen LogP contribution in [-0.4, -0.2) is 47.9 Å². The zero-order valence-electron chi connectivity index (χ0n) is 15.4. The van der Waals surface area contributed by atoms with Crippen molar-refractivity contribution < 1.29 is 18.9 Å². The van der Waals surface area contributed by atoms with Crippen molar-refractivity contribution in [3.8, 4) is 0 Å². The molecule has 142 valence electrons. The number of carbonyl (C=O) groups is 3. The standard InChI is InChI=1S/C19H22N4O4/c1-13-10-16(21-27-13)20-17(24)12-22(2)19(26)11-14-5-7-15(8-6-14)23-9-3-4-18(23)25/h5-8,10H,3-4,9,11-12H2,1-2H3,(H,20,21,24). The highest BCUT2D eigenvalue weighted by atomic mass is 16.5. The fourth-order valence-corrected chi connectivity index (χ4v) is 2.94. The van der Waals surface area contributed by atoms with Crippen molar-refractivity contribution in [3.63, 3.8) is 0 Å². The Bertz CT molecular complexity index is 844. The molecule has 3 rings (SSSR count). The van der Waals surface area contributed by atoms with Crippen molar-refractivity contribution in [1.82, 2.24) is 10.1 Å². The van der Waals surface area contributed by atoms with E-state index < -0.39 is 0 Å². The van der Waals surface area contributed by atoms with Crippen LogP contribution in [0.4, 0.5) is 11.5 Å². The lowest BCUT2D eigenvalue weighted by molar-refractivity contribution is -0.132. The zero-order valence-corrected chi connectivity index (χ0v) is 15.4. The molecule has 1 aromatic carbocycles. The van der Waals surface area contributed by atoms with Gasteiger partial charge in [-0.15, -0.1) is 0 Å². The van der Waals surface area contributed by atoms with Crippen LogP contribution in [0.3, 0.4) is 0 Å². The van der Waals surface area contributed by atoms with Gasteiger partial charge in [0.25, 0.3) is 0 Å². The summed E-state index contributed by atoms with van der Waals surface area (Å²) < 4.78 is 4.88. The monoisotopic (exact) mass is 370 g/mol. The molecule has 2 aromatic rings. The first-order chi connectivity index (χ1) is 12.9. The summed E-state index contributed by atoms with van der Waals surface area (Å²) in [7, 11) is 1.58. The number of nitrogens with zero attached hydrogens (tertiary/aromatic N) is 3. The van der Waals surface area contributed by atoms with E-state index in [1.807, 2.05) is 24.3 Å². The molecule has 1 saturated heterocycles. The van der Waals surface area contributed by atoms with Gasteiger partial charge in [0.2, 0.25) is 17.7 Å². The Labute approximate surface area is 157 Å². The number of carbonyl (C=O) groups excluding carboxylic acids is 3. The maximum absolute atomic E-state index is 12.3. The third kappa shape index (κ3) is 4.72. The van der Waals surface area contributed by atoms with Crippen LogP contribution in [0.2, 0.25) is 0 Å². The zero-order chi connectivity index (χ0) is 19.4. The van der Waals surface area contributed by atoms with E-state index >= 15 is 0 Å². The summed E-state index contributed by atoms with van der Waals surface area (Å²) in [4.78, 5) is 39.2. The maximum atomic E-state index is 12.3. The Morgan fingerprint density at radius 2 is 2.04 bits per heavy atom. The normalized spacial score (nSPS) is 13.7. The van der Waals surface area contributed by atoms with E-state index in [-0.39, 0.29) is 30.7 Å². The number of benzene rings is 1. The fraction of sp³-hybridized carbons (Fsp3) is 0.368. The fourth-order valence-electron chi connectivity index (χ4n) is 2.94. The number of likely N-dealkylation sites (N-methyl/N-ethyl adjacent to an activating group) is 1. The molecule has 0 spiro atoms. The van der Waals surface area contributed by atoms with Crippen LogP contribution in [-0.2, 0) is 20.8 Å². The Kier molecular flexibility index (Phi) is 5.54. The second kappa shape index (κ2) is 8.03. The number of hydrogen-bond acceptors (Lipinski definition) is 5. The number of anilines is 2. The van der Waals surface area contributed by atoms with Crippen molar-refractivity contribution in [2.75, 3.05) is 30.4 Å². The molecule has 3 amide bonds. The van der Waals surface area contributed by atoms with Gasteiger partial charge in [-0.3, -0.25) is 14.4 Å². The van der Waals surface area contributed by atoms with Crippen molar-refractivity contribution in [3.05, 3.63) is 41.7 Å². The lowest BCUT2D eigenvalue weighted by atomic mass is 10.1. The third-order valence-corrected chi connectivity index (χ3v) is 4.38. The molecule has 0 saturated carbocycles. The van der Waals surface area contributed by atoms with Gasteiger partial charge in [0.05, 0.1) is 13.0 Å². The van der Waals surface area contributed by atoms with Crippen LogP contribution in [0.15, 0.2) is 34.9 Å². The summed E-state index contributed by atoms with van der Waals surface area (Å²) >= 11 is 0. The van der Waals surface area contributed by atoms with E-state index in [0.717, 1.165) is 24.2 Å². The number of amides is 3. The van der Waals surface area contributed by atoms with Gasteiger partial charge in [-0.05, 0) is 31.0 Å². The average Bonchev–Trinajstić information content (AvgIpc) is 3.23. The van der Waals surface area contributed by atoms with Crippen LogP contribution in [0, 0.1) is 6.92 Å². The predicted octanol–water partition coefficient (Wildman–Crippen LogP) is 1.75. The van der Waals surface area contributed by atoms with Crippen LogP contribution in [0.1, 0.15) is 24.2 Å². The highest BCUT2D eigenvalue weighted by Crippen LogP contribution is 2.21. The molecule has 0 unspecified atom stereocenters. The number of aromatic nitrogens is 1. The molecule has 1 aliphatic heterocycles. The first kappa shape index (κ1) is 18.6. The largest absolute Gasteiger partial charge is 0.360 e. The van der Waals surface area contributed by atoms with Crippen LogP contribution >= 0.6 is 0 Å². The Hall–Kier alpha value is -3.16. The Morgan fingerprint density at radius 1 is 1.30 bits per heavy atom. The Balaban J connectivity index is 1.51. The second-order valence-electron chi connectivity index (χ2n) is 6.61. The molecule has 0 bridgehead atoms. The smallest absolute Gasteiger partial charge is 0.245 e. The van der Waals surface area contributed by atoms with Crippen molar-refractivity contribution in [2.24, 2.45) is 0 Å². The molecule has 8 nitrogen and oxygen atoms in total. The average molecular weight is 370 g/mol. The van der Waals surface area contributed by atoms with Crippen LogP contribution < -0.4 is 10.2 Å². The SMILES string of the molecule is Cc1cc(NC(=O)CN(C)C(=O)Cc2ccc(N3CCCC3=O)cc2)no1. The molecule has 0 atom stereocenters. The minimum atomic E-state index is -0.345. The molecule has 2 heterocycles. The molecule has 1 aliphatic rings. The first-order valence-electron chi connectivity index (χ1n) is 8.79. The number of nitrogens with one attached hydrogen (secondary N) is 1. The van der Waals surface area contributed by atoms with Gasteiger partial charge < -0.3 is 19.6 Å². The molecule has 0 aliphatic carbocycles. The van der Waals surface area contributed by atoms with Gasteiger partial charge in [-0.2, -0.15) is 0 Å². The minimum absolute atomic E-state index is 0.0783. The van der Waals surface area contributed by atoms with Gasteiger partial charge in [0, 0.05) is 31.8 Å². The van der Waals surface area contributed by atoms with Crippen molar-refractivity contribution >= 4 is 29.2 Å². The lowest BCUT2D eigenvalue weighted by Gasteiger charge is -2.18. The molecular weight excluding hydrogens is 348 g/mol. The molecule has 1 aromatic heterocycles. The van der Waals surface area contributed by atoms with Gasteiger partial charge in [0.15, 0.2) is 5.82 Å². The lowest BCUT2D eigenvalue weighted by Crippen LogP contribution is -2.35. The number of aryl methyl sites for hydroxylation is 1. The summed E-state index contributed by atoms with van der Waals surface area (Å²) in [5, 5.41) is 6.26. The van der Waals surface area contributed by atoms with E-state index in [9.17, 15) is 14.4 Å². The van der Waals surface area contributed by atoms with Crippen LogP contribution in [0.5, 0.6) is 0 Å². The second-order valence-corrected chi connectivity index (χ2v) is 6.61. The topological polar surface area (TPSA) is 95.8 Å². The van der Waals surface area contributed by atoms with E-state index in [1.165, 1.54) is 4.90 Å². The number of hydrogen-bond donors (Lipinski definition) is 1. The summed E-state index contributed by atoms with van der Waals surface area (Å²) in [5.41, 5.74) is 1.68. The highest BCUT2D eigenvalue weighted by Gasteiger charge is 2.21. The molecule has 0 radical (unpaired) electrons. The molecular formula is C19H22N4O4. The van der Waals surface area contributed by atoms with Gasteiger partial charge in [-0.1, -0.05) is 17.3 Å². The quantitative estimate of drug-likeness (QED) is 0.836. The predicted molar refractivity (Wildman–Crippen MR) is 99.2 cm³/mol. The van der Waals surface area contributed by atoms with Gasteiger partial charge in [0.1, 0.15) is 5.76 Å². The van der Waals surface area contributed by atoms with Gasteiger partial charge >= 0.3 is 0 Å². The van der Waals surface area contributed by atoms with E-state index in [2.05, 4.69) is 10.5 Å².